The minimum atomic E-state index is -0.482. The lowest BCUT2D eigenvalue weighted by Crippen LogP contribution is -2.44. The molecule has 2 aliphatic rings. The molecule has 1 aliphatic heterocycles. The Kier molecular flexibility index (Phi) is 5.83. The third-order valence-corrected chi connectivity index (χ3v) is 6.91. The van der Waals surface area contributed by atoms with Crippen molar-refractivity contribution in [1.82, 2.24) is 14.9 Å². The highest BCUT2D eigenvalue weighted by molar-refractivity contribution is 5.90. The Bertz CT molecular complexity index is 1180. The number of amides is 1. The van der Waals surface area contributed by atoms with Gasteiger partial charge in [-0.3, -0.25) is 4.79 Å². The smallest absolute Gasteiger partial charge is 0.228 e. The van der Waals surface area contributed by atoms with E-state index in [9.17, 15) is 4.79 Å². The number of rotatable bonds is 7. The number of likely N-dealkylation sites (N-methyl/N-ethyl adjacent to an activating group) is 1. The number of piperazine rings is 1. The van der Waals surface area contributed by atoms with Crippen molar-refractivity contribution >= 4 is 23.2 Å². The first-order chi connectivity index (χ1) is 16.5. The highest BCUT2D eigenvalue weighted by Crippen LogP contribution is 2.48. The van der Waals surface area contributed by atoms with Gasteiger partial charge in [-0.15, -0.1) is 0 Å². The maximum atomic E-state index is 11.8. The summed E-state index contributed by atoms with van der Waals surface area (Å²) in [4.78, 5) is 25.6. The van der Waals surface area contributed by atoms with Crippen LogP contribution in [0.1, 0.15) is 18.4 Å². The van der Waals surface area contributed by atoms with Crippen LogP contribution in [-0.2, 0) is 10.2 Å². The van der Waals surface area contributed by atoms with Gasteiger partial charge in [0.2, 0.25) is 11.9 Å². The van der Waals surface area contributed by atoms with Gasteiger partial charge in [-0.05, 0) is 43.7 Å². The molecule has 0 spiro atoms. The van der Waals surface area contributed by atoms with Crippen LogP contribution in [0.4, 0.5) is 17.3 Å². The number of hydrogen-bond acceptors (Lipinski definition) is 7. The number of primary amides is 1. The molecule has 0 radical (unpaired) electrons. The molecular weight excluding hydrogens is 428 g/mol. The van der Waals surface area contributed by atoms with Crippen LogP contribution < -0.4 is 20.7 Å². The highest BCUT2D eigenvalue weighted by atomic mass is 16.5. The van der Waals surface area contributed by atoms with Gasteiger partial charge in [0.15, 0.2) is 0 Å². The SMILES string of the molecule is COc1cc(N2CCN(C)CC2)ccc1Nc1nccc(-c2ccc(C3(C(N)=O)CC3)cc2)n1. The number of ether oxygens (including phenoxy) is 1. The molecule has 1 aliphatic carbocycles. The number of carbonyl (C=O) groups is 1. The molecule has 1 saturated heterocycles. The topological polar surface area (TPSA) is 96.6 Å². The molecule has 5 rings (SSSR count). The van der Waals surface area contributed by atoms with Crippen LogP contribution in [-0.4, -0.2) is 61.1 Å². The van der Waals surface area contributed by atoms with Crippen molar-refractivity contribution in [1.29, 1.82) is 0 Å². The van der Waals surface area contributed by atoms with Gasteiger partial charge in [-0.2, -0.15) is 0 Å². The third kappa shape index (κ3) is 4.28. The van der Waals surface area contributed by atoms with Crippen LogP contribution >= 0.6 is 0 Å². The van der Waals surface area contributed by atoms with E-state index in [1.807, 2.05) is 36.4 Å². The second-order valence-electron chi connectivity index (χ2n) is 9.09. The molecule has 0 bridgehead atoms. The molecule has 0 unspecified atom stereocenters. The number of hydrogen-bond donors (Lipinski definition) is 2. The Labute approximate surface area is 199 Å². The van der Waals surface area contributed by atoms with Crippen molar-refractivity contribution in [3.8, 4) is 17.0 Å². The van der Waals surface area contributed by atoms with Crippen molar-refractivity contribution in [2.75, 3.05) is 50.6 Å². The summed E-state index contributed by atoms with van der Waals surface area (Å²) in [7, 11) is 3.82. The molecule has 176 valence electrons. The van der Waals surface area contributed by atoms with Gasteiger partial charge in [-0.1, -0.05) is 24.3 Å². The van der Waals surface area contributed by atoms with Crippen LogP contribution in [0.15, 0.2) is 54.7 Å². The van der Waals surface area contributed by atoms with Gasteiger partial charge in [0.25, 0.3) is 0 Å². The molecule has 1 saturated carbocycles. The van der Waals surface area contributed by atoms with Crippen LogP contribution in [0.3, 0.4) is 0 Å². The minimum absolute atomic E-state index is 0.249. The lowest BCUT2D eigenvalue weighted by atomic mass is 9.94. The standard InChI is InChI=1S/C26H30N6O2/c1-31-13-15-32(16-14-31)20-7-8-22(23(17-20)34-2)30-25-28-12-9-21(29-25)18-3-5-19(6-4-18)26(10-11-26)24(27)33/h3-9,12,17H,10-11,13-16H2,1-2H3,(H2,27,33)(H,28,29,30). The van der Waals surface area contributed by atoms with E-state index >= 15 is 0 Å². The molecule has 2 fully saturated rings. The predicted molar refractivity (Wildman–Crippen MR) is 134 cm³/mol. The maximum Gasteiger partial charge on any atom is 0.228 e. The summed E-state index contributed by atoms with van der Waals surface area (Å²) < 4.78 is 5.66. The minimum Gasteiger partial charge on any atom is -0.494 e. The zero-order chi connectivity index (χ0) is 23.7. The molecule has 8 nitrogen and oxygen atoms in total. The molecule has 3 aromatic rings. The number of nitrogens with two attached hydrogens (primary N) is 1. The van der Waals surface area contributed by atoms with Crippen molar-refractivity contribution in [3.05, 3.63) is 60.3 Å². The van der Waals surface area contributed by atoms with Gasteiger partial charge in [0.05, 0.1) is 23.9 Å². The van der Waals surface area contributed by atoms with E-state index in [1.54, 1.807) is 13.3 Å². The van der Waals surface area contributed by atoms with Crippen LogP contribution in [0.25, 0.3) is 11.3 Å². The summed E-state index contributed by atoms with van der Waals surface area (Å²) >= 11 is 0. The Morgan fingerprint density at radius 1 is 1.06 bits per heavy atom. The first kappa shape index (κ1) is 22.2. The van der Waals surface area contributed by atoms with Crippen molar-refractivity contribution < 1.29 is 9.53 Å². The van der Waals surface area contributed by atoms with Crippen LogP contribution in [0.5, 0.6) is 5.75 Å². The quantitative estimate of drug-likeness (QED) is 0.561. The summed E-state index contributed by atoms with van der Waals surface area (Å²) in [5.74, 6) is 0.986. The Morgan fingerprint density at radius 3 is 2.44 bits per heavy atom. The largest absolute Gasteiger partial charge is 0.494 e. The zero-order valence-corrected chi connectivity index (χ0v) is 19.6. The second-order valence-corrected chi connectivity index (χ2v) is 9.09. The Balaban J connectivity index is 1.33. The number of nitrogens with zero attached hydrogens (tertiary/aromatic N) is 4. The first-order valence-electron chi connectivity index (χ1n) is 11.6. The third-order valence-electron chi connectivity index (χ3n) is 6.91. The number of nitrogens with one attached hydrogen (secondary N) is 1. The molecule has 34 heavy (non-hydrogen) atoms. The van der Waals surface area contributed by atoms with Gasteiger partial charge in [-0.25, -0.2) is 9.97 Å². The number of methoxy groups -OCH3 is 1. The maximum absolute atomic E-state index is 11.8. The van der Waals surface area contributed by atoms with Crippen LogP contribution in [0.2, 0.25) is 0 Å². The van der Waals surface area contributed by atoms with E-state index < -0.39 is 5.41 Å². The number of anilines is 3. The summed E-state index contributed by atoms with van der Waals surface area (Å²) in [5.41, 5.74) is 9.80. The van der Waals surface area contributed by atoms with Crippen molar-refractivity contribution in [2.24, 2.45) is 5.73 Å². The Morgan fingerprint density at radius 2 is 1.79 bits per heavy atom. The average molecular weight is 459 g/mol. The fraction of sp³-hybridized carbons (Fsp3) is 0.346. The highest BCUT2D eigenvalue weighted by Gasteiger charge is 2.49. The fourth-order valence-electron chi connectivity index (χ4n) is 4.51. The van der Waals surface area contributed by atoms with Gasteiger partial charge < -0.3 is 25.6 Å². The second kappa shape index (κ2) is 8.95. The molecular formula is C26H30N6O2. The van der Waals surface area contributed by atoms with E-state index in [4.69, 9.17) is 15.5 Å². The molecule has 8 heteroatoms. The lowest BCUT2D eigenvalue weighted by Gasteiger charge is -2.34. The first-order valence-corrected chi connectivity index (χ1v) is 11.6. The summed E-state index contributed by atoms with van der Waals surface area (Å²) in [5, 5.41) is 3.30. The predicted octanol–water partition coefficient (Wildman–Crippen LogP) is 3.16. The monoisotopic (exact) mass is 458 g/mol. The van der Waals surface area contributed by atoms with E-state index in [1.165, 1.54) is 0 Å². The lowest BCUT2D eigenvalue weighted by molar-refractivity contribution is -0.120. The van der Waals surface area contributed by atoms with Crippen LogP contribution in [0, 0.1) is 0 Å². The number of benzene rings is 2. The molecule has 1 amide bonds. The molecule has 1 aromatic heterocycles. The molecule has 2 heterocycles. The van der Waals surface area contributed by atoms with E-state index in [0.717, 1.165) is 73.0 Å². The van der Waals surface area contributed by atoms with Crippen molar-refractivity contribution in [2.45, 2.75) is 18.3 Å². The van der Waals surface area contributed by atoms with E-state index in [2.05, 4.69) is 39.3 Å². The summed E-state index contributed by atoms with van der Waals surface area (Å²) in [6, 6.07) is 16.0. The normalized spacial score (nSPS) is 17.3. The number of aromatic nitrogens is 2. The summed E-state index contributed by atoms with van der Waals surface area (Å²) in [6.45, 7) is 4.09. The van der Waals surface area contributed by atoms with Crippen molar-refractivity contribution in [3.63, 3.8) is 0 Å². The zero-order valence-electron chi connectivity index (χ0n) is 19.6. The summed E-state index contributed by atoms with van der Waals surface area (Å²) in [6.07, 6.45) is 3.37. The number of carbonyl (C=O) groups excluding carboxylic acids is 1. The fourth-order valence-corrected chi connectivity index (χ4v) is 4.51. The van der Waals surface area contributed by atoms with Gasteiger partial charge >= 0.3 is 0 Å². The Hall–Kier alpha value is -3.65. The average Bonchev–Trinajstić information content (AvgIpc) is 3.68. The van der Waals surface area contributed by atoms with Gasteiger partial charge in [0, 0.05) is 49.7 Å². The van der Waals surface area contributed by atoms with E-state index in [0.29, 0.717) is 5.95 Å². The molecule has 3 N–H and O–H groups in total. The molecule has 0 atom stereocenters. The molecule has 2 aromatic carbocycles. The van der Waals surface area contributed by atoms with Gasteiger partial charge in [0.1, 0.15) is 5.75 Å². The van der Waals surface area contributed by atoms with E-state index in [-0.39, 0.29) is 5.91 Å².